The number of carboxylic acids is 1. The maximum absolute atomic E-state index is 11.3. The molecule has 1 amide bonds. The lowest BCUT2D eigenvalue weighted by Crippen LogP contribution is -2.23. The van der Waals surface area contributed by atoms with Gasteiger partial charge in [-0.25, -0.2) is 9.78 Å². The number of nitrogens with zero attached hydrogens (tertiary/aromatic N) is 2. The lowest BCUT2D eigenvalue weighted by Gasteiger charge is -2.09. The van der Waals surface area contributed by atoms with Crippen molar-refractivity contribution < 1.29 is 14.7 Å². The Morgan fingerprint density at radius 1 is 1.64 bits per heavy atom. The predicted octanol–water partition coefficient (Wildman–Crippen LogP) is 0.968. The Hall–Kier alpha value is -1.43. The molecule has 0 aliphatic carbocycles. The zero-order valence-electron chi connectivity index (χ0n) is 7.27. The molecule has 1 aliphatic heterocycles. The maximum atomic E-state index is 11.3. The van der Waals surface area contributed by atoms with Crippen molar-refractivity contribution in [2.24, 2.45) is 0 Å². The molecule has 6 heteroatoms. The maximum Gasteiger partial charge on any atom is 0.355 e. The highest BCUT2D eigenvalue weighted by Crippen LogP contribution is 2.24. The number of thiazole rings is 1. The molecule has 0 unspecified atom stereocenters. The quantitative estimate of drug-likeness (QED) is 0.792. The first-order valence-electron chi connectivity index (χ1n) is 4.17. The van der Waals surface area contributed by atoms with Crippen molar-refractivity contribution in [1.29, 1.82) is 0 Å². The van der Waals surface area contributed by atoms with Crippen LogP contribution in [0.1, 0.15) is 23.3 Å². The molecular weight excluding hydrogens is 204 g/mol. The zero-order valence-corrected chi connectivity index (χ0v) is 8.08. The second-order valence-corrected chi connectivity index (χ2v) is 3.81. The molecule has 1 aliphatic rings. The Kier molecular flexibility index (Phi) is 2.20. The highest BCUT2D eigenvalue weighted by atomic mass is 32.1. The van der Waals surface area contributed by atoms with E-state index in [9.17, 15) is 9.59 Å². The van der Waals surface area contributed by atoms with E-state index < -0.39 is 5.97 Å². The standard InChI is InChI=1S/C8H8N2O3S/c11-6-2-1-3-10(6)8-9-5(4-14-8)7(12)13/h4H,1-3H2,(H,12,13). The van der Waals surface area contributed by atoms with Crippen molar-refractivity contribution in [1.82, 2.24) is 4.98 Å². The van der Waals surface area contributed by atoms with Gasteiger partial charge in [-0.2, -0.15) is 0 Å². The molecule has 0 saturated carbocycles. The first-order chi connectivity index (χ1) is 6.68. The number of rotatable bonds is 2. The van der Waals surface area contributed by atoms with Crippen molar-refractivity contribution in [2.45, 2.75) is 12.8 Å². The number of amides is 1. The third kappa shape index (κ3) is 1.48. The number of aromatic nitrogens is 1. The average Bonchev–Trinajstić information content (AvgIpc) is 2.71. The number of carbonyl (C=O) groups excluding carboxylic acids is 1. The summed E-state index contributed by atoms with van der Waals surface area (Å²) in [5, 5.41) is 10.6. The summed E-state index contributed by atoms with van der Waals surface area (Å²) in [4.78, 5) is 27.3. The molecule has 5 nitrogen and oxygen atoms in total. The molecule has 1 aromatic rings. The Balaban J connectivity index is 2.24. The van der Waals surface area contributed by atoms with E-state index in [-0.39, 0.29) is 11.6 Å². The molecule has 2 rings (SSSR count). The molecule has 1 fully saturated rings. The molecule has 0 aromatic carbocycles. The van der Waals surface area contributed by atoms with Crippen molar-refractivity contribution >= 4 is 28.3 Å². The highest BCUT2D eigenvalue weighted by molar-refractivity contribution is 7.14. The van der Waals surface area contributed by atoms with Crippen LogP contribution in [0.15, 0.2) is 5.38 Å². The predicted molar refractivity (Wildman–Crippen MR) is 50.7 cm³/mol. The van der Waals surface area contributed by atoms with E-state index >= 15 is 0 Å². The van der Waals surface area contributed by atoms with Gasteiger partial charge in [-0.3, -0.25) is 9.69 Å². The van der Waals surface area contributed by atoms with Gasteiger partial charge >= 0.3 is 5.97 Å². The summed E-state index contributed by atoms with van der Waals surface area (Å²) in [7, 11) is 0. The van der Waals surface area contributed by atoms with Crippen LogP contribution in [0.25, 0.3) is 0 Å². The summed E-state index contributed by atoms with van der Waals surface area (Å²) in [6.45, 7) is 0.644. The van der Waals surface area contributed by atoms with Gasteiger partial charge in [-0.1, -0.05) is 0 Å². The summed E-state index contributed by atoms with van der Waals surface area (Å²) < 4.78 is 0. The number of hydrogen-bond acceptors (Lipinski definition) is 4. The molecule has 1 aromatic heterocycles. The van der Waals surface area contributed by atoms with Crippen LogP contribution in [0.2, 0.25) is 0 Å². The zero-order chi connectivity index (χ0) is 10.1. The number of anilines is 1. The minimum atomic E-state index is -1.06. The minimum absolute atomic E-state index is 0.00435. The molecule has 1 N–H and O–H groups in total. The largest absolute Gasteiger partial charge is 0.476 e. The van der Waals surface area contributed by atoms with Gasteiger partial charge in [-0.15, -0.1) is 11.3 Å². The van der Waals surface area contributed by atoms with Crippen LogP contribution in [-0.4, -0.2) is 28.5 Å². The topological polar surface area (TPSA) is 70.5 Å². The van der Waals surface area contributed by atoms with E-state index in [0.29, 0.717) is 18.1 Å². The van der Waals surface area contributed by atoms with E-state index in [2.05, 4.69) is 4.98 Å². The van der Waals surface area contributed by atoms with Gasteiger partial charge in [0.2, 0.25) is 5.91 Å². The van der Waals surface area contributed by atoms with Crippen molar-refractivity contribution in [2.75, 3.05) is 11.4 Å². The summed E-state index contributed by atoms with van der Waals surface area (Å²) >= 11 is 1.19. The normalized spacial score (nSPS) is 16.3. The first-order valence-corrected chi connectivity index (χ1v) is 5.05. The van der Waals surface area contributed by atoms with E-state index in [1.165, 1.54) is 21.6 Å². The molecule has 1 saturated heterocycles. The molecule has 2 heterocycles. The summed E-state index contributed by atoms with van der Waals surface area (Å²) in [5.74, 6) is -1.03. The Labute approximate surface area is 84.0 Å². The molecular formula is C8H8N2O3S. The van der Waals surface area contributed by atoms with Crippen LogP contribution in [0.5, 0.6) is 0 Å². The summed E-state index contributed by atoms with van der Waals surface area (Å²) in [6, 6.07) is 0. The number of aromatic carboxylic acids is 1. The third-order valence-corrected chi connectivity index (χ3v) is 2.88. The van der Waals surface area contributed by atoms with Crippen LogP contribution in [0.3, 0.4) is 0 Å². The Morgan fingerprint density at radius 3 is 2.93 bits per heavy atom. The fraction of sp³-hybridized carbons (Fsp3) is 0.375. The van der Waals surface area contributed by atoms with Gasteiger partial charge in [0.25, 0.3) is 0 Å². The minimum Gasteiger partial charge on any atom is -0.476 e. The van der Waals surface area contributed by atoms with Crippen LogP contribution < -0.4 is 4.90 Å². The molecule has 14 heavy (non-hydrogen) atoms. The van der Waals surface area contributed by atoms with E-state index in [1.807, 2.05) is 0 Å². The Morgan fingerprint density at radius 2 is 2.43 bits per heavy atom. The third-order valence-electron chi connectivity index (χ3n) is 2.02. The van der Waals surface area contributed by atoms with Gasteiger partial charge in [-0.05, 0) is 6.42 Å². The molecule has 0 atom stereocenters. The van der Waals surface area contributed by atoms with Gasteiger partial charge in [0.05, 0.1) is 0 Å². The van der Waals surface area contributed by atoms with Gasteiger partial charge in [0, 0.05) is 18.3 Å². The SMILES string of the molecule is O=C(O)c1csc(N2CCCC2=O)n1. The number of hydrogen-bond donors (Lipinski definition) is 1. The van der Waals surface area contributed by atoms with Crippen molar-refractivity contribution in [3.05, 3.63) is 11.1 Å². The van der Waals surface area contributed by atoms with E-state index in [4.69, 9.17) is 5.11 Å². The number of carbonyl (C=O) groups is 2. The molecule has 74 valence electrons. The molecule has 0 bridgehead atoms. The van der Waals surface area contributed by atoms with Crippen LogP contribution in [0.4, 0.5) is 5.13 Å². The van der Waals surface area contributed by atoms with Gasteiger partial charge in [0.15, 0.2) is 10.8 Å². The molecule has 0 radical (unpaired) electrons. The summed E-state index contributed by atoms with van der Waals surface area (Å²) in [6.07, 6.45) is 1.35. The monoisotopic (exact) mass is 212 g/mol. The fourth-order valence-electron chi connectivity index (χ4n) is 1.34. The fourth-order valence-corrected chi connectivity index (χ4v) is 2.18. The number of carboxylic acid groups (broad SMARTS) is 1. The van der Waals surface area contributed by atoms with Crippen LogP contribution >= 0.6 is 11.3 Å². The summed E-state index contributed by atoms with van der Waals surface area (Å²) in [5.41, 5.74) is 0.00435. The second-order valence-electron chi connectivity index (χ2n) is 2.97. The van der Waals surface area contributed by atoms with Crippen molar-refractivity contribution in [3.63, 3.8) is 0 Å². The lowest BCUT2D eigenvalue weighted by atomic mass is 10.4. The average molecular weight is 212 g/mol. The lowest BCUT2D eigenvalue weighted by molar-refractivity contribution is -0.117. The van der Waals surface area contributed by atoms with E-state index in [1.54, 1.807) is 0 Å². The van der Waals surface area contributed by atoms with Crippen LogP contribution in [0, 0.1) is 0 Å². The van der Waals surface area contributed by atoms with Crippen LogP contribution in [-0.2, 0) is 4.79 Å². The van der Waals surface area contributed by atoms with E-state index in [0.717, 1.165) is 6.42 Å². The van der Waals surface area contributed by atoms with Crippen molar-refractivity contribution in [3.8, 4) is 0 Å². The molecule has 0 spiro atoms. The highest BCUT2D eigenvalue weighted by Gasteiger charge is 2.24. The smallest absolute Gasteiger partial charge is 0.355 e. The van der Waals surface area contributed by atoms with Gasteiger partial charge in [0.1, 0.15) is 0 Å². The Bertz CT molecular complexity index is 388. The second kappa shape index (κ2) is 3.38. The first kappa shape index (κ1) is 9.14. The van der Waals surface area contributed by atoms with Gasteiger partial charge < -0.3 is 5.11 Å².